The van der Waals surface area contributed by atoms with E-state index in [4.69, 9.17) is 4.74 Å². The van der Waals surface area contributed by atoms with Crippen molar-refractivity contribution in [1.29, 1.82) is 0 Å². The van der Waals surface area contributed by atoms with Crippen molar-refractivity contribution in [3.8, 4) is 0 Å². The Balaban J connectivity index is 4.25. The van der Waals surface area contributed by atoms with E-state index < -0.39 is 5.60 Å². The quantitative estimate of drug-likeness (QED) is 0.0635. The molecule has 0 saturated heterocycles. The van der Waals surface area contributed by atoms with Gasteiger partial charge in [-0.25, -0.2) is 0 Å². The highest BCUT2D eigenvalue weighted by atomic mass is 16.5. The van der Waals surface area contributed by atoms with Crippen molar-refractivity contribution in [2.24, 2.45) is 0 Å². The molecule has 0 rings (SSSR count). The fourth-order valence-corrected chi connectivity index (χ4v) is 6.07. The van der Waals surface area contributed by atoms with Crippen LogP contribution in [-0.2, 0) is 9.53 Å². The summed E-state index contributed by atoms with van der Waals surface area (Å²) in [7, 11) is 0. The Hall–Kier alpha value is -0.650. The lowest BCUT2D eigenvalue weighted by Crippen LogP contribution is -2.50. The summed E-state index contributed by atoms with van der Waals surface area (Å²) in [4.78, 5) is 13.2. The first-order chi connectivity index (χ1) is 20.7. The molecule has 1 amide bonds. The molecule has 5 nitrogen and oxygen atoms in total. The highest BCUT2D eigenvalue weighted by molar-refractivity contribution is 5.85. The number of nitrogens with one attached hydrogen (secondary N) is 1. The molecule has 0 aliphatic heterocycles. The second-order valence-corrected chi connectivity index (χ2v) is 12.9. The largest absolute Gasteiger partial charge is 0.396 e. The fraction of sp³-hybridized carbons (Fsp3) is 0.973. The summed E-state index contributed by atoms with van der Waals surface area (Å²) in [5, 5.41) is 21.7. The van der Waals surface area contributed by atoms with Crippen molar-refractivity contribution in [2.45, 2.75) is 206 Å². The molecule has 1 atom stereocenters. The molecule has 252 valence electrons. The third-order valence-corrected chi connectivity index (χ3v) is 8.86. The lowest BCUT2D eigenvalue weighted by molar-refractivity contribution is -0.151. The van der Waals surface area contributed by atoms with Crippen LogP contribution < -0.4 is 5.32 Å². The monoisotopic (exact) mass is 598 g/mol. The van der Waals surface area contributed by atoms with E-state index in [1.165, 1.54) is 141 Å². The first-order valence-electron chi connectivity index (χ1n) is 18.8. The van der Waals surface area contributed by atoms with Gasteiger partial charge in [0.25, 0.3) is 5.91 Å². The standard InChI is InChI=1S/C37H75NO4/c1-3-5-7-9-11-13-15-17-18-20-22-24-26-28-35-42-37(31-29-33-39,36(41)38-32-34-40)30-27-25-23-21-19-16-14-12-10-8-6-4-2/h39-40H,3-35H2,1-2H3,(H,38,41). The SMILES string of the molecule is CCCCCCCCCCCCCCCCOC(CCCO)(CCCCCCCCCCCCCC)C(=O)NCCO. The normalized spacial score (nSPS) is 13.0. The van der Waals surface area contributed by atoms with Crippen molar-refractivity contribution in [3.63, 3.8) is 0 Å². The zero-order chi connectivity index (χ0) is 30.8. The fourth-order valence-electron chi connectivity index (χ4n) is 6.07. The lowest BCUT2D eigenvalue weighted by atomic mass is 9.89. The number of amides is 1. The summed E-state index contributed by atoms with van der Waals surface area (Å²) < 4.78 is 6.39. The minimum Gasteiger partial charge on any atom is -0.396 e. The van der Waals surface area contributed by atoms with Gasteiger partial charge in [-0.2, -0.15) is 0 Å². The van der Waals surface area contributed by atoms with Crippen LogP contribution in [0.15, 0.2) is 0 Å². The molecule has 1 unspecified atom stereocenters. The Morgan fingerprint density at radius 3 is 1.24 bits per heavy atom. The van der Waals surface area contributed by atoms with E-state index in [-0.39, 0.29) is 25.7 Å². The van der Waals surface area contributed by atoms with Crippen LogP contribution in [0, 0.1) is 0 Å². The van der Waals surface area contributed by atoms with Crippen LogP contribution in [-0.4, -0.2) is 48.1 Å². The lowest BCUT2D eigenvalue weighted by Gasteiger charge is -2.33. The number of carbonyl (C=O) groups is 1. The number of ether oxygens (including phenoxy) is 1. The van der Waals surface area contributed by atoms with Gasteiger partial charge in [0.05, 0.1) is 6.61 Å². The van der Waals surface area contributed by atoms with Crippen molar-refractivity contribution in [3.05, 3.63) is 0 Å². The zero-order valence-electron chi connectivity index (χ0n) is 28.5. The maximum atomic E-state index is 13.2. The van der Waals surface area contributed by atoms with Crippen LogP contribution in [0.2, 0.25) is 0 Å². The van der Waals surface area contributed by atoms with Crippen molar-refractivity contribution in [1.82, 2.24) is 5.32 Å². The van der Waals surface area contributed by atoms with E-state index in [0.29, 0.717) is 25.9 Å². The van der Waals surface area contributed by atoms with E-state index in [1.807, 2.05) is 0 Å². The molecule has 0 bridgehead atoms. The van der Waals surface area contributed by atoms with Gasteiger partial charge < -0.3 is 20.3 Å². The molecule has 42 heavy (non-hydrogen) atoms. The first-order valence-corrected chi connectivity index (χ1v) is 18.8. The average molecular weight is 598 g/mol. The third kappa shape index (κ3) is 25.8. The first kappa shape index (κ1) is 41.4. The van der Waals surface area contributed by atoms with Crippen molar-refractivity contribution >= 4 is 5.91 Å². The van der Waals surface area contributed by atoms with Crippen LogP contribution in [0.1, 0.15) is 200 Å². The summed E-state index contributed by atoms with van der Waals surface area (Å²) in [6, 6.07) is 0. The van der Waals surface area contributed by atoms with Gasteiger partial charge in [-0.3, -0.25) is 4.79 Å². The van der Waals surface area contributed by atoms with Gasteiger partial charge in [-0.1, -0.05) is 174 Å². The Morgan fingerprint density at radius 1 is 0.500 bits per heavy atom. The van der Waals surface area contributed by atoms with Gasteiger partial charge >= 0.3 is 0 Å². The summed E-state index contributed by atoms with van der Waals surface area (Å²) in [5.74, 6) is -0.113. The highest BCUT2D eigenvalue weighted by Gasteiger charge is 2.38. The van der Waals surface area contributed by atoms with Gasteiger partial charge in [0.2, 0.25) is 0 Å². The van der Waals surface area contributed by atoms with Crippen molar-refractivity contribution in [2.75, 3.05) is 26.4 Å². The van der Waals surface area contributed by atoms with Crippen LogP contribution in [0.4, 0.5) is 0 Å². The predicted octanol–water partition coefficient (Wildman–Crippen LogP) is 10.2. The number of unbranched alkanes of at least 4 members (excludes halogenated alkanes) is 24. The molecule has 3 N–H and O–H groups in total. The molecule has 0 aromatic carbocycles. The highest BCUT2D eigenvalue weighted by Crippen LogP contribution is 2.27. The molecular weight excluding hydrogens is 522 g/mol. The maximum absolute atomic E-state index is 13.2. The van der Waals surface area contributed by atoms with Crippen molar-refractivity contribution < 1.29 is 19.7 Å². The number of aliphatic hydroxyl groups is 2. The summed E-state index contributed by atoms with van der Waals surface area (Å²) in [6.45, 7) is 5.38. The summed E-state index contributed by atoms with van der Waals surface area (Å²) in [6.07, 6.45) is 35.7. The van der Waals surface area contributed by atoms with Crippen LogP contribution in [0.25, 0.3) is 0 Å². The average Bonchev–Trinajstić information content (AvgIpc) is 3.00. The summed E-state index contributed by atoms with van der Waals surface area (Å²) >= 11 is 0. The number of hydrogen-bond donors (Lipinski definition) is 3. The number of aliphatic hydroxyl groups excluding tert-OH is 2. The second kappa shape index (κ2) is 33.2. The molecule has 0 aliphatic rings. The Kier molecular flexibility index (Phi) is 32.7. The van der Waals surface area contributed by atoms with Gasteiger partial charge in [0.1, 0.15) is 5.60 Å². The Bertz CT molecular complexity index is 544. The van der Waals surface area contributed by atoms with Gasteiger partial charge in [0, 0.05) is 19.8 Å². The Labute approximate surface area is 262 Å². The molecule has 0 radical (unpaired) electrons. The molecule has 0 aromatic heterocycles. The van der Waals surface area contributed by atoms with Crippen LogP contribution in [0.5, 0.6) is 0 Å². The second-order valence-electron chi connectivity index (χ2n) is 12.9. The zero-order valence-corrected chi connectivity index (χ0v) is 28.5. The van der Waals surface area contributed by atoms with Gasteiger partial charge in [0.15, 0.2) is 0 Å². The van der Waals surface area contributed by atoms with E-state index in [2.05, 4.69) is 19.2 Å². The van der Waals surface area contributed by atoms with E-state index in [0.717, 1.165) is 25.7 Å². The molecule has 0 saturated carbocycles. The smallest absolute Gasteiger partial charge is 0.252 e. The van der Waals surface area contributed by atoms with E-state index in [9.17, 15) is 15.0 Å². The molecular formula is C37H75NO4. The van der Waals surface area contributed by atoms with Gasteiger partial charge in [-0.15, -0.1) is 0 Å². The van der Waals surface area contributed by atoms with E-state index in [1.54, 1.807) is 0 Å². The molecule has 0 aliphatic carbocycles. The number of rotatable bonds is 35. The number of hydrogen-bond acceptors (Lipinski definition) is 4. The molecule has 0 aromatic rings. The van der Waals surface area contributed by atoms with Crippen LogP contribution >= 0.6 is 0 Å². The maximum Gasteiger partial charge on any atom is 0.252 e. The Morgan fingerprint density at radius 2 is 0.857 bits per heavy atom. The summed E-state index contributed by atoms with van der Waals surface area (Å²) in [5.41, 5.74) is -0.882. The minimum atomic E-state index is -0.882. The molecule has 5 heteroatoms. The predicted molar refractivity (Wildman–Crippen MR) is 181 cm³/mol. The number of carbonyl (C=O) groups excluding carboxylic acids is 1. The molecule has 0 fully saturated rings. The third-order valence-electron chi connectivity index (χ3n) is 8.86. The topological polar surface area (TPSA) is 78.8 Å². The molecule has 0 heterocycles. The van der Waals surface area contributed by atoms with E-state index >= 15 is 0 Å². The van der Waals surface area contributed by atoms with Gasteiger partial charge in [-0.05, 0) is 25.7 Å². The van der Waals surface area contributed by atoms with Crippen LogP contribution in [0.3, 0.4) is 0 Å². The molecule has 0 spiro atoms. The minimum absolute atomic E-state index is 0.0652.